The lowest BCUT2D eigenvalue weighted by molar-refractivity contribution is -0.144. The highest BCUT2D eigenvalue weighted by Gasteiger charge is 2.27. The van der Waals surface area contributed by atoms with Crippen LogP contribution in [0.4, 0.5) is 13.2 Å². The summed E-state index contributed by atoms with van der Waals surface area (Å²) < 4.78 is 38.3. The molecule has 0 radical (unpaired) electrons. The predicted octanol–water partition coefficient (Wildman–Crippen LogP) is 3.32. The molecule has 0 atom stereocenters. The van der Waals surface area contributed by atoms with Crippen LogP contribution in [0.3, 0.4) is 0 Å². The van der Waals surface area contributed by atoms with E-state index in [1.165, 1.54) is 6.42 Å². The summed E-state index contributed by atoms with van der Waals surface area (Å²) in [7, 11) is 0. The Bertz CT molecular complexity index is 1270. The van der Waals surface area contributed by atoms with Gasteiger partial charge in [-0.25, -0.2) is 4.98 Å². The Kier molecular flexibility index (Phi) is 7.04. The number of alkyl halides is 3. The molecule has 1 aliphatic carbocycles. The van der Waals surface area contributed by atoms with Crippen LogP contribution in [0.15, 0.2) is 24.4 Å². The second kappa shape index (κ2) is 10.2. The van der Waals surface area contributed by atoms with Crippen LogP contribution >= 0.6 is 0 Å². The number of nitrogens with zero attached hydrogens (tertiary/aromatic N) is 4. The number of hydrogen-bond donors (Lipinski definition) is 3. The SMILES string of the molecule is N#Cc1nn(CC2CCC2)cc1C(=O)NCc1nc2ccc(CNC(=O)CCC(F)(F)F)cc2[nH]1. The molecule has 4 rings (SSSR count). The van der Waals surface area contributed by atoms with Gasteiger partial charge in [0.25, 0.3) is 5.91 Å². The van der Waals surface area contributed by atoms with Crippen molar-refractivity contribution in [2.24, 2.45) is 5.92 Å². The molecule has 1 aliphatic rings. The molecule has 0 bridgehead atoms. The lowest BCUT2D eigenvalue weighted by Crippen LogP contribution is -2.24. The Hall–Kier alpha value is -3.88. The third-order valence-corrected chi connectivity index (χ3v) is 5.92. The van der Waals surface area contributed by atoms with E-state index in [-0.39, 0.29) is 24.3 Å². The monoisotopic (exact) mass is 487 g/mol. The van der Waals surface area contributed by atoms with Crippen molar-refractivity contribution in [2.45, 2.75) is 57.9 Å². The summed E-state index contributed by atoms with van der Waals surface area (Å²) >= 11 is 0. The normalized spacial score (nSPS) is 13.9. The van der Waals surface area contributed by atoms with Crippen LogP contribution in [0.2, 0.25) is 0 Å². The number of aromatic amines is 1. The summed E-state index contributed by atoms with van der Waals surface area (Å²) in [6.45, 7) is 0.867. The average Bonchev–Trinajstić information content (AvgIpc) is 3.39. The molecular formula is C23H24F3N7O2. The fourth-order valence-electron chi connectivity index (χ4n) is 3.81. The van der Waals surface area contributed by atoms with Crippen molar-refractivity contribution in [3.8, 4) is 6.07 Å². The van der Waals surface area contributed by atoms with E-state index in [1.54, 1.807) is 29.1 Å². The molecule has 0 aliphatic heterocycles. The van der Waals surface area contributed by atoms with Gasteiger partial charge >= 0.3 is 6.18 Å². The predicted molar refractivity (Wildman–Crippen MR) is 119 cm³/mol. The molecule has 2 aromatic heterocycles. The van der Waals surface area contributed by atoms with E-state index in [9.17, 15) is 28.0 Å². The fourth-order valence-corrected chi connectivity index (χ4v) is 3.81. The number of nitrogens with one attached hydrogen (secondary N) is 3. The third kappa shape index (κ3) is 6.38. The Morgan fingerprint density at radius 2 is 2.03 bits per heavy atom. The van der Waals surface area contributed by atoms with E-state index in [4.69, 9.17) is 0 Å². The zero-order valence-corrected chi connectivity index (χ0v) is 18.8. The van der Waals surface area contributed by atoms with Crippen molar-refractivity contribution in [1.29, 1.82) is 5.26 Å². The maximum absolute atomic E-state index is 12.6. The largest absolute Gasteiger partial charge is 0.389 e. The minimum Gasteiger partial charge on any atom is -0.352 e. The number of benzene rings is 1. The van der Waals surface area contributed by atoms with E-state index in [0.29, 0.717) is 34.9 Å². The molecule has 3 aromatic rings. The first-order chi connectivity index (χ1) is 16.7. The molecule has 9 nitrogen and oxygen atoms in total. The van der Waals surface area contributed by atoms with Crippen molar-refractivity contribution in [3.63, 3.8) is 0 Å². The summed E-state index contributed by atoms with van der Waals surface area (Å²) in [5, 5.41) is 18.8. The highest BCUT2D eigenvalue weighted by Crippen LogP contribution is 2.28. The number of carbonyl (C=O) groups is 2. The van der Waals surface area contributed by atoms with E-state index >= 15 is 0 Å². The van der Waals surface area contributed by atoms with Gasteiger partial charge in [0.1, 0.15) is 11.9 Å². The Morgan fingerprint density at radius 1 is 1.23 bits per heavy atom. The lowest BCUT2D eigenvalue weighted by Gasteiger charge is -2.24. The van der Waals surface area contributed by atoms with Crippen molar-refractivity contribution in [1.82, 2.24) is 30.4 Å². The van der Waals surface area contributed by atoms with Gasteiger partial charge in [-0.2, -0.15) is 23.5 Å². The molecule has 1 aromatic carbocycles. The van der Waals surface area contributed by atoms with Gasteiger partial charge in [-0.1, -0.05) is 12.5 Å². The first kappa shape index (κ1) is 24.3. The minimum atomic E-state index is -4.37. The number of aromatic nitrogens is 4. The maximum Gasteiger partial charge on any atom is 0.389 e. The first-order valence-electron chi connectivity index (χ1n) is 11.3. The van der Waals surface area contributed by atoms with Crippen LogP contribution < -0.4 is 10.6 Å². The number of rotatable bonds is 9. The number of nitriles is 1. The average molecular weight is 487 g/mol. The molecule has 1 saturated carbocycles. The smallest absolute Gasteiger partial charge is 0.352 e. The van der Waals surface area contributed by atoms with Gasteiger partial charge in [-0.05, 0) is 36.5 Å². The topological polar surface area (TPSA) is 128 Å². The fraction of sp³-hybridized carbons (Fsp3) is 0.435. The molecule has 0 saturated heterocycles. The second-order valence-electron chi connectivity index (χ2n) is 8.63. The highest BCUT2D eigenvalue weighted by molar-refractivity contribution is 5.95. The van der Waals surface area contributed by atoms with Gasteiger partial charge in [0.2, 0.25) is 5.91 Å². The number of halogens is 3. The zero-order valence-electron chi connectivity index (χ0n) is 18.8. The molecule has 3 N–H and O–H groups in total. The van der Waals surface area contributed by atoms with Gasteiger partial charge < -0.3 is 15.6 Å². The van der Waals surface area contributed by atoms with Crippen LogP contribution in [-0.4, -0.2) is 37.7 Å². The summed E-state index contributed by atoms with van der Waals surface area (Å²) in [5.74, 6) is -0.0848. The molecule has 0 unspecified atom stereocenters. The molecule has 184 valence electrons. The van der Waals surface area contributed by atoms with Crippen molar-refractivity contribution in [3.05, 3.63) is 47.0 Å². The Labute approximate surface area is 198 Å². The number of fused-ring (bicyclic) bond motifs is 1. The van der Waals surface area contributed by atoms with Gasteiger partial charge in [0.15, 0.2) is 5.69 Å². The van der Waals surface area contributed by atoms with Gasteiger partial charge in [-0.15, -0.1) is 0 Å². The molecular weight excluding hydrogens is 463 g/mol. The molecule has 2 amide bonds. The lowest BCUT2D eigenvalue weighted by atomic mass is 9.85. The van der Waals surface area contributed by atoms with Gasteiger partial charge in [0, 0.05) is 25.7 Å². The van der Waals surface area contributed by atoms with E-state index in [2.05, 4.69) is 25.7 Å². The highest BCUT2D eigenvalue weighted by atomic mass is 19.4. The number of H-pyrrole nitrogens is 1. The Balaban J connectivity index is 1.33. The van der Waals surface area contributed by atoms with E-state index < -0.39 is 30.8 Å². The standard InChI is InChI=1S/C23H24F3N7O2/c24-23(25,26)7-6-21(34)28-10-15-4-5-17-18(8-15)31-20(30-17)11-29-22(35)16-13-33(32-19(16)9-27)12-14-2-1-3-14/h4-5,8,13-14H,1-3,6-7,10-12H2,(H,28,34)(H,29,35)(H,30,31). The van der Waals surface area contributed by atoms with E-state index in [1.807, 2.05) is 6.07 Å². The van der Waals surface area contributed by atoms with Crippen LogP contribution in [0.25, 0.3) is 11.0 Å². The Morgan fingerprint density at radius 3 is 2.71 bits per heavy atom. The molecule has 0 spiro atoms. The van der Waals surface area contributed by atoms with Gasteiger partial charge in [0.05, 0.1) is 29.6 Å². The molecule has 1 fully saturated rings. The number of hydrogen-bond acceptors (Lipinski definition) is 5. The molecule has 12 heteroatoms. The van der Waals surface area contributed by atoms with Crippen LogP contribution in [0.1, 0.15) is 59.5 Å². The number of imidazole rings is 1. The first-order valence-corrected chi connectivity index (χ1v) is 11.3. The minimum absolute atomic E-state index is 0.0772. The van der Waals surface area contributed by atoms with E-state index in [0.717, 1.165) is 12.8 Å². The van der Waals surface area contributed by atoms with Crippen molar-refractivity contribution in [2.75, 3.05) is 0 Å². The summed E-state index contributed by atoms with van der Waals surface area (Å²) in [6.07, 6.45) is -1.11. The third-order valence-electron chi connectivity index (χ3n) is 5.92. The quantitative estimate of drug-likeness (QED) is 0.427. The van der Waals surface area contributed by atoms with Crippen molar-refractivity contribution < 1.29 is 22.8 Å². The molecule has 2 heterocycles. The number of amides is 2. The molecule has 35 heavy (non-hydrogen) atoms. The summed E-state index contributed by atoms with van der Waals surface area (Å²) in [5.41, 5.74) is 2.27. The summed E-state index contributed by atoms with van der Waals surface area (Å²) in [4.78, 5) is 31.7. The maximum atomic E-state index is 12.6. The van der Waals surface area contributed by atoms with Crippen LogP contribution in [-0.2, 0) is 24.4 Å². The van der Waals surface area contributed by atoms with Crippen LogP contribution in [0, 0.1) is 17.2 Å². The second-order valence-corrected chi connectivity index (χ2v) is 8.63. The van der Waals surface area contributed by atoms with Gasteiger partial charge in [-0.3, -0.25) is 14.3 Å². The number of carbonyl (C=O) groups excluding carboxylic acids is 2. The van der Waals surface area contributed by atoms with Crippen molar-refractivity contribution >= 4 is 22.8 Å². The summed E-state index contributed by atoms with van der Waals surface area (Å²) in [6, 6.07) is 7.13. The zero-order chi connectivity index (χ0) is 25.0. The van der Waals surface area contributed by atoms with Crippen LogP contribution in [0.5, 0.6) is 0 Å².